The molecular weight excluding hydrogens is 258 g/mol. The molecule has 1 aromatic rings. The molecule has 1 N–H and O–H groups in total. The second kappa shape index (κ2) is 5.53. The minimum Gasteiger partial charge on any atom is -0.479 e. The van der Waals surface area contributed by atoms with Gasteiger partial charge in [-0.1, -0.05) is 13.8 Å². The van der Waals surface area contributed by atoms with E-state index in [1.807, 2.05) is 0 Å². The molecule has 108 valence electrons. The van der Waals surface area contributed by atoms with Gasteiger partial charge in [-0.2, -0.15) is 0 Å². The zero-order valence-electron chi connectivity index (χ0n) is 11.9. The Labute approximate surface area is 118 Å². The van der Waals surface area contributed by atoms with Crippen LogP contribution in [0.15, 0.2) is 18.2 Å². The van der Waals surface area contributed by atoms with E-state index in [-0.39, 0.29) is 11.5 Å². The molecule has 1 atom stereocenters. The molecule has 0 radical (unpaired) electrons. The summed E-state index contributed by atoms with van der Waals surface area (Å²) in [5.74, 6) is -0.110. The quantitative estimate of drug-likeness (QED) is 0.918. The lowest BCUT2D eigenvalue weighted by molar-refractivity contribution is -0.125. The van der Waals surface area contributed by atoms with Crippen LogP contribution in [0.5, 0.6) is 5.75 Å². The van der Waals surface area contributed by atoms with Gasteiger partial charge >= 0.3 is 5.97 Å². The van der Waals surface area contributed by atoms with Gasteiger partial charge in [0.25, 0.3) is 5.91 Å². The number of carbonyl (C=O) groups excluding carboxylic acids is 1. The topological polar surface area (TPSA) is 66.8 Å². The van der Waals surface area contributed by atoms with Gasteiger partial charge in [0, 0.05) is 6.54 Å². The first-order valence-electron chi connectivity index (χ1n) is 6.75. The summed E-state index contributed by atoms with van der Waals surface area (Å²) < 4.78 is 5.53. The molecule has 0 saturated carbocycles. The van der Waals surface area contributed by atoms with Crippen LogP contribution in [0.3, 0.4) is 0 Å². The van der Waals surface area contributed by atoms with Crippen molar-refractivity contribution < 1.29 is 19.4 Å². The fraction of sp³-hybridized carbons (Fsp3) is 0.467. The number of ether oxygens (including phenoxy) is 1. The van der Waals surface area contributed by atoms with Crippen molar-refractivity contribution >= 4 is 17.6 Å². The Balaban J connectivity index is 2.38. The van der Waals surface area contributed by atoms with Crippen LogP contribution in [-0.2, 0) is 4.79 Å². The highest BCUT2D eigenvalue weighted by atomic mass is 16.5. The second-order valence-corrected chi connectivity index (χ2v) is 5.42. The average Bonchev–Trinajstić information content (AvgIpc) is 2.38. The van der Waals surface area contributed by atoms with E-state index in [1.54, 1.807) is 17.9 Å². The first-order valence-corrected chi connectivity index (χ1v) is 6.75. The number of anilines is 1. The van der Waals surface area contributed by atoms with Crippen molar-refractivity contribution in [2.24, 2.45) is 5.92 Å². The third-order valence-electron chi connectivity index (χ3n) is 3.34. The van der Waals surface area contributed by atoms with E-state index < -0.39 is 12.1 Å². The Bertz CT molecular complexity index is 539. The van der Waals surface area contributed by atoms with E-state index >= 15 is 0 Å². The summed E-state index contributed by atoms with van der Waals surface area (Å²) in [7, 11) is 0. The Kier molecular flexibility index (Phi) is 3.97. The zero-order chi connectivity index (χ0) is 14.9. The van der Waals surface area contributed by atoms with Gasteiger partial charge in [0.2, 0.25) is 0 Å². The molecule has 5 nitrogen and oxygen atoms in total. The molecule has 1 unspecified atom stereocenters. The van der Waals surface area contributed by atoms with Crippen molar-refractivity contribution in [3.8, 4) is 5.75 Å². The van der Waals surface area contributed by atoms with Gasteiger partial charge in [-0.25, -0.2) is 4.79 Å². The van der Waals surface area contributed by atoms with E-state index in [1.165, 1.54) is 12.1 Å². The maximum atomic E-state index is 12.2. The molecule has 1 aromatic carbocycles. The van der Waals surface area contributed by atoms with Gasteiger partial charge in [-0.15, -0.1) is 0 Å². The number of nitrogens with zero attached hydrogens (tertiary/aromatic N) is 1. The van der Waals surface area contributed by atoms with Crippen molar-refractivity contribution in [1.29, 1.82) is 0 Å². The number of carbonyl (C=O) groups is 2. The molecule has 0 saturated heterocycles. The van der Waals surface area contributed by atoms with Gasteiger partial charge in [0.1, 0.15) is 5.75 Å². The molecule has 1 heterocycles. The predicted octanol–water partition coefficient (Wildman–Crippen LogP) is 2.54. The van der Waals surface area contributed by atoms with E-state index in [9.17, 15) is 9.59 Å². The summed E-state index contributed by atoms with van der Waals surface area (Å²) >= 11 is 0. The number of carboxylic acids is 1. The van der Waals surface area contributed by atoms with Gasteiger partial charge in [0.15, 0.2) is 6.10 Å². The van der Waals surface area contributed by atoms with Crippen LogP contribution in [0.25, 0.3) is 0 Å². The van der Waals surface area contributed by atoms with Crippen molar-refractivity contribution in [2.45, 2.75) is 33.3 Å². The molecule has 1 aliphatic rings. The van der Waals surface area contributed by atoms with Gasteiger partial charge < -0.3 is 14.7 Å². The van der Waals surface area contributed by atoms with Crippen LogP contribution in [-0.4, -0.2) is 29.6 Å². The molecule has 0 aromatic heterocycles. The average molecular weight is 277 g/mol. The number of benzene rings is 1. The SMILES string of the molecule is CC(C)CCN1C(=O)C(C)Oc2ccc(C(=O)O)cc21. The highest BCUT2D eigenvalue weighted by Crippen LogP contribution is 2.35. The lowest BCUT2D eigenvalue weighted by Crippen LogP contribution is -2.45. The normalized spacial score (nSPS) is 17.9. The number of fused-ring (bicyclic) bond motifs is 1. The van der Waals surface area contributed by atoms with E-state index in [4.69, 9.17) is 9.84 Å². The van der Waals surface area contributed by atoms with Crippen molar-refractivity contribution in [2.75, 3.05) is 11.4 Å². The molecule has 5 heteroatoms. The third-order valence-corrected chi connectivity index (χ3v) is 3.34. The molecular formula is C15H19NO4. The minimum atomic E-state index is -1.01. The standard InChI is InChI=1S/C15H19NO4/c1-9(2)6-7-16-12-8-11(15(18)19)4-5-13(12)20-10(3)14(16)17/h4-5,8-10H,6-7H2,1-3H3,(H,18,19). The van der Waals surface area contributed by atoms with Crippen molar-refractivity contribution in [3.63, 3.8) is 0 Å². The van der Waals surface area contributed by atoms with E-state index in [2.05, 4.69) is 13.8 Å². The summed E-state index contributed by atoms with van der Waals surface area (Å²) in [4.78, 5) is 24.9. The van der Waals surface area contributed by atoms with Crippen molar-refractivity contribution in [3.05, 3.63) is 23.8 Å². The summed E-state index contributed by atoms with van der Waals surface area (Å²) in [6.45, 7) is 6.45. The van der Waals surface area contributed by atoms with Gasteiger partial charge in [-0.05, 0) is 37.5 Å². The lowest BCUT2D eigenvalue weighted by Gasteiger charge is -2.33. The number of amides is 1. The number of carboxylic acid groups (broad SMARTS) is 1. The number of hydrogen-bond acceptors (Lipinski definition) is 3. The predicted molar refractivity (Wildman–Crippen MR) is 75.3 cm³/mol. The van der Waals surface area contributed by atoms with Gasteiger partial charge in [0.05, 0.1) is 11.3 Å². The van der Waals surface area contributed by atoms with Crippen LogP contribution >= 0.6 is 0 Å². The number of aromatic carboxylic acids is 1. The molecule has 0 fully saturated rings. The summed E-state index contributed by atoms with van der Waals surface area (Å²) in [6.07, 6.45) is 0.320. The highest BCUT2D eigenvalue weighted by molar-refractivity contribution is 6.01. The zero-order valence-corrected chi connectivity index (χ0v) is 11.9. The Morgan fingerprint density at radius 2 is 2.15 bits per heavy atom. The molecule has 1 aliphatic heterocycles. The number of hydrogen-bond donors (Lipinski definition) is 1. The summed E-state index contributed by atoms with van der Waals surface area (Å²) in [6, 6.07) is 4.61. The largest absolute Gasteiger partial charge is 0.479 e. The third kappa shape index (κ3) is 2.76. The molecule has 2 rings (SSSR count). The first-order chi connectivity index (χ1) is 9.40. The van der Waals surface area contributed by atoms with Crippen LogP contribution in [0.4, 0.5) is 5.69 Å². The van der Waals surface area contributed by atoms with Crippen LogP contribution in [0.2, 0.25) is 0 Å². The van der Waals surface area contributed by atoms with E-state index in [0.29, 0.717) is 23.9 Å². The molecule has 0 spiro atoms. The highest BCUT2D eigenvalue weighted by Gasteiger charge is 2.31. The summed E-state index contributed by atoms with van der Waals surface area (Å²) in [5, 5.41) is 9.06. The van der Waals surface area contributed by atoms with Gasteiger partial charge in [-0.3, -0.25) is 4.79 Å². The number of rotatable bonds is 4. The smallest absolute Gasteiger partial charge is 0.335 e. The first kappa shape index (κ1) is 14.4. The fourth-order valence-corrected chi connectivity index (χ4v) is 2.16. The van der Waals surface area contributed by atoms with Crippen LogP contribution in [0, 0.1) is 5.92 Å². The molecule has 0 bridgehead atoms. The Morgan fingerprint density at radius 3 is 2.75 bits per heavy atom. The lowest BCUT2D eigenvalue weighted by atomic mass is 10.1. The second-order valence-electron chi connectivity index (χ2n) is 5.42. The Morgan fingerprint density at radius 1 is 1.45 bits per heavy atom. The maximum Gasteiger partial charge on any atom is 0.335 e. The maximum absolute atomic E-state index is 12.2. The molecule has 0 aliphatic carbocycles. The Hall–Kier alpha value is -2.04. The minimum absolute atomic E-state index is 0.124. The van der Waals surface area contributed by atoms with Crippen LogP contribution in [0.1, 0.15) is 37.6 Å². The monoisotopic (exact) mass is 277 g/mol. The summed E-state index contributed by atoms with van der Waals surface area (Å²) in [5.41, 5.74) is 0.706. The van der Waals surface area contributed by atoms with Crippen molar-refractivity contribution in [1.82, 2.24) is 0 Å². The molecule has 1 amide bonds. The van der Waals surface area contributed by atoms with E-state index in [0.717, 1.165) is 6.42 Å². The fourth-order valence-electron chi connectivity index (χ4n) is 2.16. The van der Waals surface area contributed by atoms with Crippen LogP contribution < -0.4 is 9.64 Å². The molecule has 20 heavy (non-hydrogen) atoms.